The van der Waals surface area contributed by atoms with Crippen LogP contribution in [0, 0.1) is 23.4 Å². The molecule has 0 aliphatic heterocycles. The van der Waals surface area contributed by atoms with Crippen LogP contribution in [0.1, 0.15) is 40.7 Å². The molecule has 0 radical (unpaired) electrons. The Morgan fingerprint density at radius 1 is 0.905 bits per heavy atom. The van der Waals surface area contributed by atoms with Gasteiger partial charge in [-0.25, -0.2) is 13.2 Å². The predicted molar refractivity (Wildman–Crippen MR) is 145 cm³/mol. The van der Waals surface area contributed by atoms with E-state index in [1.807, 2.05) is 0 Å². The third-order valence-corrected chi connectivity index (χ3v) is 7.66. The summed E-state index contributed by atoms with van der Waals surface area (Å²) in [5.41, 5.74) is -3.15. The third kappa shape index (κ3) is 6.30. The van der Waals surface area contributed by atoms with Crippen molar-refractivity contribution in [1.82, 2.24) is 0 Å². The van der Waals surface area contributed by atoms with Crippen molar-refractivity contribution < 1.29 is 40.7 Å². The summed E-state index contributed by atoms with van der Waals surface area (Å²) in [5.74, 6) is -8.63. The molecule has 222 valence electrons. The number of rotatable bonds is 7. The predicted octanol–water partition coefficient (Wildman–Crippen LogP) is 7.90. The van der Waals surface area contributed by atoms with Crippen LogP contribution in [0.15, 0.2) is 48.5 Å². The maximum atomic E-state index is 14.8. The number of hydrogen-bond donors (Lipinski definition) is 3. The molecule has 0 spiro atoms. The van der Waals surface area contributed by atoms with E-state index in [2.05, 4.69) is 16.0 Å². The zero-order valence-electron chi connectivity index (χ0n) is 21.1. The fourth-order valence-electron chi connectivity index (χ4n) is 4.20. The molecule has 0 saturated heterocycles. The lowest BCUT2D eigenvalue weighted by Crippen LogP contribution is -2.19. The molecular formula is C27H18Cl3F6N3O3. The Kier molecular flexibility index (Phi) is 8.73. The molecule has 0 aromatic heterocycles. The molecule has 4 rings (SSSR count). The number of benzene rings is 3. The molecule has 3 aromatic carbocycles. The van der Waals surface area contributed by atoms with Gasteiger partial charge < -0.3 is 16.0 Å². The Hall–Kier alpha value is -3.48. The van der Waals surface area contributed by atoms with Gasteiger partial charge in [-0.05, 0) is 48.0 Å². The normalized spacial score (nSPS) is 17.4. The van der Waals surface area contributed by atoms with Gasteiger partial charge >= 0.3 is 6.18 Å². The van der Waals surface area contributed by atoms with Gasteiger partial charge in [-0.3, -0.25) is 14.4 Å². The standard InChI is InChI=1S/C27H18Cl3F6N3O3/c1-2-19(40)39-23-17(32)7-8-18(22(23)33)38-24(41)13-10-12(4-5-15(13)28)37-25(42)21-20(26(21,29)30)11-3-6-16(31)14(9-11)27(34,35)36/h3-10,20-21H,2H2,1H3,(H,37,42)(H,38,41)(H,39,40)/t20-,21+/m0/s1. The summed E-state index contributed by atoms with van der Waals surface area (Å²) < 4.78 is 80.3. The smallest absolute Gasteiger partial charge is 0.326 e. The summed E-state index contributed by atoms with van der Waals surface area (Å²) in [6.07, 6.45) is -5.05. The van der Waals surface area contributed by atoms with Crippen molar-refractivity contribution in [3.63, 3.8) is 0 Å². The average molecular weight is 653 g/mol. The van der Waals surface area contributed by atoms with Gasteiger partial charge in [-0.15, -0.1) is 23.2 Å². The van der Waals surface area contributed by atoms with E-state index in [1.165, 1.54) is 19.1 Å². The van der Waals surface area contributed by atoms with Gasteiger partial charge in [0.15, 0.2) is 5.82 Å². The minimum Gasteiger partial charge on any atom is -0.326 e. The van der Waals surface area contributed by atoms with Crippen molar-refractivity contribution in [2.75, 3.05) is 16.0 Å². The van der Waals surface area contributed by atoms with Gasteiger partial charge in [0.25, 0.3) is 5.91 Å². The van der Waals surface area contributed by atoms with Crippen LogP contribution < -0.4 is 16.0 Å². The van der Waals surface area contributed by atoms with E-state index in [-0.39, 0.29) is 28.3 Å². The highest BCUT2D eigenvalue weighted by Crippen LogP contribution is 2.65. The van der Waals surface area contributed by atoms with Gasteiger partial charge in [0, 0.05) is 18.0 Å². The molecule has 3 N–H and O–H groups in total. The molecule has 42 heavy (non-hydrogen) atoms. The van der Waals surface area contributed by atoms with Crippen molar-refractivity contribution in [3.8, 4) is 0 Å². The number of amides is 3. The fourth-order valence-corrected chi connectivity index (χ4v) is 5.23. The third-order valence-electron chi connectivity index (χ3n) is 6.39. The number of alkyl halides is 5. The average Bonchev–Trinajstić information content (AvgIpc) is 3.50. The first-order chi connectivity index (χ1) is 19.6. The van der Waals surface area contributed by atoms with E-state index in [0.29, 0.717) is 12.1 Å². The maximum absolute atomic E-state index is 14.8. The second-order valence-electron chi connectivity index (χ2n) is 9.19. The molecule has 1 aliphatic carbocycles. The number of halogens is 9. The Bertz CT molecular complexity index is 1600. The van der Waals surface area contributed by atoms with Gasteiger partial charge in [0.1, 0.15) is 21.7 Å². The Morgan fingerprint density at radius 2 is 1.57 bits per heavy atom. The van der Waals surface area contributed by atoms with Crippen LogP contribution in [-0.4, -0.2) is 22.1 Å². The van der Waals surface area contributed by atoms with Crippen molar-refractivity contribution in [2.45, 2.75) is 29.8 Å². The first-order valence-corrected chi connectivity index (χ1v) is 13.1. The summed E-state index contributed by atoms with van der Waals surface area (Å²) in [6, 6.07) is 7.59. The summed E-state index contributed by atoms with van der Waals surface area (Å²) in [7, 11) is 0. The molecule has 2 atom stereocenters. The van der Waals surface area contributed by atoms with Crippen LogP contribution in [0.5, 0.6) is 0 Å². The van der Waals surface area contributed by atoms with E-state index >= 15 is 0 Å². The summed E-state index contributed by atoms with van der Waals surface area (Å²) in [4.78, 5) is 37.5. The number of anilines is 3. The molecule has 3 aromatic rings. The lowest BCUT2D eigenvalue weighted by molar-refractivity contribution is -0.140. The van der Waals surface area contributed by atoms with Crippen LogP contribution in [-0.2, 0) is 15.8 Å². The van der Waals surface area contributed by atoms with E-state index in [1.54, 1.807) is 0 Å². The van der Waals surface area contributed by atoms with Crippen LogP contribution in [0.2, 0.25) is 5.02 Å². The maximum Gasteiger partial charge on any atom is 0.419 e. The number of hydrogen-bond acceptors (Lipinski definition) is 3. The van der Waals surface area contributed by atoms with Crippen molar-refractivity contribution in [3.05, 3.63) is 87.7 Å². The first-order valence-electron chi connectivity index (χ1n) is 12.0. The highest BCUT2D eigenvalue weighted by atomic mass is 35.5. The summed E-state index contributed by atoms with van der Waals surface area (Å²) in [6.45, 7) is 1.47. The first kappa shape index (κ1) is 31.5. The Balaban J connectivity index is 1.53. The van der Waals surface area contributed by atoms with E-state index in [0.717, 1.165) is 24.3 Å². The minimum atomic E-state index is -4.99. The van der Waals surface area contributed by atoms with Gasteiger partial charge in [0.05, 0.1) is 27.8 Å². The molecule has 1 aliphatic rings. The summed E-state index contributed by atoms with van der Waals surface area (Å²) in [5, 5.41) is 6.60. The molecule has 1 saturated carbocycles. The van der Waals surface area contributed by atoms with Crippen LogP contribution in [0.25, 0.3) is 0 Å². The van der Waals surface area contributed by atoms with Crippen LogP contribution in [0.3, 0.4) is 0 Å². The second-order valence-corrected chi connectivity index (χ2v) is 11.0. The van der Waals surface area contributed by atoms with Gasteiger partial charge in [-0.1, -0.05) is 24.6 Å². The Labute approximate surface area is 249 Å². The minimum absolute atomic E-state index is 0.00473. The lowest BCUT2D eigenvalue weighted by Gasteiger charge is -2.13. The Morgan fingerprint density at radius 3 is 2.21 bits per heavy atom. The highest BCUT2D eigenvalue weighted by molar-refractivity contribution is 6.53. The van der Waals surface area contributed by atoms with Crippen molar-refractivity contribution in [2.24, 2.45) is 5.92 Å². The van der Waals surface area contributed by atoms with Gasteiger partial charge in [-0.2, -0.15) is 13.2 Å². The van der Waals surface area contributed by atoms with E-state index in [9.17, 15) is 40.7 Å². The van der Waals surface area contributed by atoms with Gasteiger partial charge in [0.2, 0.25) is 11.8 Å². The molecule has 1 fully saturated rings. The molecule has 15 heteroatoms. The van der Waals surface area contributed by atoms with Crippen molar-refractivity contribution in [1.29, 1.82) is 0 Å². The summed E-state index contributed by atoms with van der Waals surface area (Å²) >= 11 is 18.5. The number of carbonyl (C=O) groups is 3. The molecule has 3 amide bonds. The monoisotopic (exact) mass is 651 g/mol. The van der Waals surface area contributed by atoms with Crippen LogP contribution >= 0.6 is 34.8 Å². The van der Waals surface area contributed by atoms with E-state index in [4.69, 9.17) is 34.8 Å². The molecule has 6 nitrogen and oxygen atoms in total. The van der Waals surface area contributed by atoms with Crippen molar-refractivity contribution >= 4 is 69.6 Å². The number of carbonyl (C=O) groups excluding carboxylic acids is 3. The highest BCUT2D eigenvalue weighted by Gasteiger charge is 2.67. The van der Waals surface area contributed by atoms with E-state index < -0.39 is 74.5 Å². The molecule has 0 unspecified atom stereocenters. The fraction of sp³-hybridized carbons (Fsp3) is 0.222. The zero-order chi connectivity index (χ0) is 31.1. The zero-order valence-corrected chi connectivity index (χ0v) is 23.4. The SMILES string of the molecule is CCC(=O)Nc1c(F)ccc(NC(=O)c2cc(NC(=O)[C@H]3[C@H](c4ccc(F)c(C(F)(F)F)c4)C3(Cl)Cl)ccc2Cl)c1F. The quantitative estimate of drug-likeness (QED) is 0.179. The topological polar surface area (TPSA) is 87.3 Å². The number of nitrogens with one attached hydrogen (secondary N) is 3. The lowest BCUT2D eigenvalue weighted by atomic mass is 10.0. The van der Waals surface area contributed by atoms with Crippen LogP contribution in [0.4, 0.5) is 43.4 Å². The molecule has 0 heterocycles. The molecular weight excluding hydrogens is 635 g/mol. The largest absolute Gasteiger partial charge is 0.419 e. The second kappa shape index (κ2) is 11.7. The molecule has 0 bridgehead atoms.